The monoisotopic (exact) mass is 249 g/mol. The first kappa shape index (κ1) is 13.7. The van der Waals surface area contributed by atoms with Crippen molar-refractivity contribution in [2.45, 2.75) is 57.9 Å². The maximum absolute atomic E-state index is 5.17. The normalized spacial score (nSPS) is 26.1. The lowest BCUT2D eigenvalue weighted by Gasteiger charge is -2.33. The third-order valence-corrected chi connectivity index (χ3v) is 4.56. The van der Waals surface area contributed by atoms with E-state index >= 15 is 0 Å². The van der Waals surface area contributed by atoms with Gasteiger partial charge in [0.15, 0.2) is 0 Å². The van der Waals surface area contributed by atoms with E-state index < -0.39 is 0 Å². The maximum Gasteiger partial charge on any atom is 0.0935 e. The lowest BCUT2D eigenvalue weighted by Crippen LogP contribution is -2.37. The van der Waals surface area contributed by atoms with Gasteiger partial charge >= 0.3 is 0 Å². The van der Waals surface area contributed by atoms with Crippen LogP contribution in [0.25, 0.3) is 0 Å². The molecule has 0 radical (unpaired) electrons. The number of hydrogen-bond donors (Lipinski definition) is 1. The zero-order chi connectivity index (χ0) is 12.8. The molecule has 1 unspecified atom stereocenters. The predicted octanol–water partition coefficient (Wildman–Crippen LogP) is 4.02. The summed E-state index contributed by atoms with van der Waals surface area (Å²) in [6.45, 7) is 2.31. The first-order valence-electron chi connectivity index (χ1n) is 7.51. The first-order valence-corrected chi connectivity index (χ1v) is 7.51. The van der Waals surface area contributed by atoms with E-state index in [4.69, 9.17) is 4.42 Å². The fourth-order valence-corrected chi connectivity index (χ4v) is 3.45. The van der Waals surface area contributed by atoms with Crippen molar-refractivity contribution in [1.82, 2.24) is 5.32 Å². The second kappa shape index (κ2) is 6.98. The van der Waals surface area contributed by atoms with Gasteiger partial charge < -0.3 is 9.73 Å². The van der Waals surface area contributed by atoms with Crippen LogP contribution in [0.4, 0.5) is 0 Å². The van der Waals surface area contributed by atoms with Gasteiger partial charge in [0, 0.05) is 6.04 Å². The van der Waals surface area contributed by atoms with Crippen LogP contribution in [-0.4, -0.2) is 13.1 Å². The molecule has 1 heterocycles. The summed E-state index contributed by atoms with van der Waals surface area (Å²) in [7, 11) is 2.10. The summed E-state index contributed by atoms with van der Waals surface area (Å²) in [5.41, 5.74) is 1.32. The Morgan fingerprint density at radius 2 is 2.11 bits per heavy atom. The fraction of sp³-hybridized carbons (Fsp3) is 0.750. The molecule has 0 aliphatic heterocycles. The highest BCUT2D eigenvalue weighted by Crippen LogP contribution is 2.34. The summed E-state index contributed by atoms with van der Waals surface area (Å²) >= 11 is 0. The van der Waals surface area contributed by atoms with Crippen LogP contribution in [0.1, 0.15) is 51.0 Å². The van der Waals surface area contributed by atoms with Crippen molar-refractivity contribution in [3.63, 3.8) is 0 Å². The molecule has 0 saturated heterocycles. The maximum atomic E-state index is 5.17. The van der Waals surface area contributed by atoms with E-state index in [0.717, 1.165) is 18.3 Å². The van der Waals surface area contributed by atoms with Crippen LogP contribution in [0.2, 0.25) is 0 Å². The van der Waals surface area contributed by atoms with Crippen LogP contribution in [0.5, 0.6) is 0 Å². The minimum atomic E-state index is 0.616. The van der Waals surface area contributed by atoms with Gasteiger partial charge in [0.25, 0.3) is 0 Å². The molecular formula is C16H27NO. The van der Waals surface area contributed by atoms with Crippen LogP contribution < -0.4 is 5.32 Å². The Kier molecular flexibility index (Phi) is 5.30. The van der Waals surface area contributed by atoms with Crippen LogP contribution in [-0.2, 0) is 6.42 Å². The largest absolute Gasteiger partial charge is 0.472 e. The lowest BCUT2D eigenvalue weighted by molar-refractivity contribution is 0.217. The summed E-state index contributed by atoms with van der Waals surface area (Å²) in [5.74, 6) is 1.84. The Balaban J connectivity index is 1.82. The van der Waals surface area contributed by atoms with Crippen molar-refractivity contribution in [2.24, 2.45) is 11.8 Å². The summed E-state index contributed by atoms with van der Waals surface area (Å²) in [5, 5.41) is 3.52. The molecule has 2 heteroatoms. The van der Waals surface area contributed by atoms with E-state index in [-0.39, 0.29) is 0 Å². The van der Waals surface area contributed by atoms with Gasteiger partial charge in [0.05, 0.1) is 12.5 Å². The van der Waals surface area contributed by atoms with Gasteiger partial charge in [-0.15, -0.1) is 0 Å². The predicted molar refractivity (Wildman–Crippen MR) is 75.6 cm³/mol. The molecule has 18 heavy (non-hydrogen) atoms. The van der Waals surface area contributed by atoms with E-state index in [1.807, 2.05) is 6.26 Å². The van der Waals surface area contributed by atoms with Gasteiger partial charge in [-0.2, -0.15) is 0 Å². The third-order valence-electron chi connectivity index (χ3n) is 4.56. The molecule has 1 aliphatic carbocycles. The average Bonchev–Trinajstić information content (AvgIpc) is 2.90. The number of furan rings is 1. The molecule has 2 nitrogen and oxygen atoms in total. The standard InChI is InChI=1S/C16H27NO/c1-3-4-13-5-7-15(8-6-13)16(17-2)11-14-9-10-18-12-14/h9-10,12-13,15-17H,3-8,11H2,1-2H3. The number of likely N-dealkylation sites (N-methyl/N-ethyl adjacent to an activating group) is 1. The Bertz CT molecular complexity index is 312. The lowest BCUT2D eigenvalue weighted by atomic mass is 9.76. The Morgan fingerprint density at radius 1 is 1.33 bits per heavy atom. The molecule has 1 aromatic heterocycles. The summed E-state index contributed by atoms with van der Waals surface area (Å²) in [6, 6.07) is 2.71. The zero-order valence-electron chi connectivity index (χ0n) is 11.8. The highest BCUT2D eigenvalue weighted by Gasteiger charge is 2.26. The number of rotatable bonds is 6. The van der Waals surface area contributed by atoms with Gasteiger partial charge in [-0.25, -0.2) is 0 Å². The molecule has 1 fully saturated rings. The average molecular weight is 249 g/mol. The Hall–Kier alpha value is -0.760. The van der Waals surface area contributed by atoms with Crippen molar-refractivity contribution in [1.29, 1.82) is 0 Å². The van der Waals surface area contributed by atoms with Gasteiger partial charge in [0.2, 0.25) is 0 Å². The van der Waals surface area contributed by atoms with Crippen LogP contribution in [0.15, 0.2) is 23.0 Å². The molecule has 1 aromatic rings. The Labute approximate surface area is 111 Å². The molecule has 1 N–H and O–H groups in total. The summed E-state index contributed by atoms with van der Waals surface area (Å²) in [6.07, 6.45) is 13.2. The van der Waals surface area contributed by atoms with E-state index in [9.17, 15) is 0 Å². The minimum Gasteiger partial charge on any atom is -0.472 e. The highest BCUT2D eigenvalue weighted by atomic mass is 16.3. The first-order chi connectivity index (χ1) is 8.83. The molecule has 1 aliphatic rings. The molecule has 1 atom stereocenters. The summed E-state index contributed by atoms with van der Waals surface area (Å²) in [4.78, 5) is 0. The van der Waals surface area contributed by atoms with Gasteiger partial charge in [-0.05, 0) is 49.8 Å². The van der Waals surface area contributed by atoms with Crippen molar-refractivity contribution in [3.8, 4) is 0 Å². The van der Waals surface area contributed by atoms with Gasteiger partial charge in [-0.1, -0.05) is 32.6 Å². The molecule has 1 saturated carbocycles. The molecule has 102 valence electrons. The van der Waals surface area contributed by atoms with Crippen LogP contribution in [0.3, 0.4) is 0 Å². The minimum absolute atomic E-state index is 0.616. The zero-order valence-corrected chi connectivity index (χ0v) is 11.8. The number of nitrogens with one attached hydrogen (secondary N) is 1. The fourth-order valence-electron chi connectivity index (χ4n) is 3.45. The smallest absolute Gasteiger partial charge is 0.0935 e. The van der Waals surface area contributed by atoms with E-state index in [1.54, 1.807) is 6.26 Å². The van der Waals surface area contributed by atoms with Crippen molar-refractivity contribution in [3.05, 3.63) is 24.2 Å². The molecule has 2 rings (SSSR count). The quantitative estimate of drug-likeness (QED) is 0.824. The third kappa shape index (κ3) is 3.61. The molecule has 0 aromatic carbocycles. The molecular weight excluding hydrogens is 222 g/mol. The number of hydrogen-bond acceptors (Lipinski definition) is 2. The van der Waals surface area contributed by atoms with Crippen molar-refractivity contribution < 1.29 is 4.42 Å². The second-order valence-electron chi connectivity index (χ2n) is 5.80. The van der Waals surface area contributed by atoms with E-state index in [2.05, 4.69) is 25.4 Å². The molecule has 0 amide bonds. The highest BCUT2D eigenvalue weighted by molar-refractivity contribution is 5.08. The van der Waals surface area contributed by atoms with Crippen molar-refractivity contribution >= 4 is 0 Å². The topological polar surface area (TPSA) is 25.2 Å². The SMILES string of the molecule is CCCC1CCC(C(Cc2ccoc2)NC)CC1. The van der Waals surface area contributed by atoms with E-state index in [1.165, 1.54) is 44.1 Å². The van der Waals surface area contributed by atoms with Gasteiger partial charge in [0.1, 0.15) is 0 Å². The van der Waals surface area contributed by atoms with E-state index in [0.29, 0.717) is 6.04 Å². The molecule has 0 bridgehead atoms. The van der Waals surface area contributed by atoms with Crippen molar-refractivity contribution in [2.75, 3.05) is 7.05 Å². The van der Waals surface area contributed by atoms with Gasteiger partial charge in [-0.3, -0.25) is 0 Å². The second-order valence-corrected chi connectivity index (χ2v) is 5.80. The summed E-state index contributed by atoms with van der Waals surface area (Å²) < 4.78 is 5.17. The van der Waals surface area contributed by atoms with Crippen LogP contribution >= 0.6 is 0 Å². The molecule has 0 spiro atoms. The van der Waals surface area contributed by atoms with Crippen LogP contribution in [0, 0.1) is 11.8 Å². The Morgan fingerprint density at radius 3 is 2.67 bits per heavy atom.